The maximum atomic E-state index is 14.0. The Morgan fingerprint density at radius 2 is 1.92 bits per heavy atom. The zero-order valence-electron chi connectivity index (χ0n) is 13.9. The van der Waals surface area contributed by atoms with Gasteiger partial charge in [0.05, 0.1) is 13.7 Å². The third-order valence-corrected chi connectivity index (χ3v) is 4.47. The second-order valence-electron chi connectivity index (χ2n) is 5.89. The minimum atomic E-state index is -0.406. The number of hydrogen-bond donors (Lipinski definition) is 0. The molecular formula is C19H19ClFNO3. The fourth-order valence-corrected chi connectivity index (χ4v) is 2.84. The molecule has 25 heavy (non-hydrogen) atoms. The molecule has 0 atom stereocenters. The first-order chi connectivity index (χ1) is 12.1. The van der Waals surface area contributed by atoms with E-state index >= 15 is 0 Å². The van der Waals surface area contributed by atoms with Crippen LogP contribution in [0.2, 0.25) is 5.02 Å². The van der Waals surface area contributed by atoms with Crippen molar-refractivity contribution in [1.29, 1.82) is 0 Å². The minimum Gasteiger partial charge on any atom is -0.493 e. The van der Waals surface area contributed by atoms with Crippen LogP contribution < -0.4 is 9.47 Å². The fraction of sp³-hybridized carbons (Fsp3) is 0.316. The van der Waals surface area contributed by atoms with Crippen LogP contribution in [0.25, 0.3) is 0 Å². The Morgan fingerprint density at radius 3 is 2.56 bits per heavy atom. The molecule has 132 valence electrons. The molecule has 0 radical (unpaired) electrons. The number of para-hydroxylation sites is 2. The first-order valence-corrected chi connectivity index (χ1v) is 8.46. The van der Waals surface area contributed by atoms with Gasteiger partial charge in [-0.1, -0.05) is 29.8 Å². The molecule has 2 aromatic carbocycles. The molecule has 4 nitrogen and oxygen atoms in total. The van der Waals surface area contributed by atoms with Gasteiger partial charge in [-0.3, -0.25) is 4.79 Å². The molecule has 0 aromatic heterocycles. The van der Waals surface area contributed by atoms with E-state index in [1.165, 1.54) is 6.07 Å². The lowest BCUT2D eigenvalue weighted by atomic mass is 10.2. The van der Waals surface area contributed by atoms with Crippen LogP contribution in [0.1, 0.15) is 18.4 Å². The molecule has 0 unspecified atom stereocenters. The van der Waals surface area contributed by atoms with Crippen LogP contribution in [0.15, 0.2) is 42.5 Å². The second-order valence-corrected chi connectivity index (χ2v) is 6.30. The third-order valence-electron chi connectivity index (χ3n) is 4.12. The number of carbonyl (C=O) groups is 1. The predicted octanol–water partition coefficient (Wildman–Crippen LogP) is 4.06. The van der Waals surface area contributed by atoms with Gasteiger partial charge in [-0.2, -0.15) is 0 Å². The number of halogens is 2. The highest BCUT2D eigenvalue weighted by molar-refractivity contribution is 6.31. The van der Waals surface area contributed by atoms with Crippen molar-refractivity contribution in [3.8, 4) is 11.5 Å². The minimum absolute atomic E-state index is 0.115. The first-order valence-electron chi connectivity index (χ1n) is 8.08. The second kappa shape index (κ2) is 7.74. The standard InChI is InChI=1S/C19H19ClFNO3/c1-24-17-7-2-3-8-18(17)25-12-19(23)22(13-9-10-13)11-14-15(20)5-4-6-16(14)21/h2-8,13H,9-12H2,1H3. The van der Waals surface area contributed by atoms with Gasteiger partial charge in [0, 0.05) is 16.6 Å². The molecule has 0 N–H and O–H groups in total. The summed E-state index contributed by atoms with van der Waals surface area (Å²) in [6.45, 7) is 0.00718. The molecule has 0 bridgehead atoms. The van der Waals surface area contributed by atoms with Gasteiger partial charge in [0.15, 0.2) is 18.1 Å². The van der Waals surface area contributed by atoms with Crippen molar-refractivity contribution < 1.29 is 18.7 Å². The number of ether oxygens (including phenoxy) is 2. The van der Waals surface area contributed by atoms with Crippen LogP contribution in [0.4, 0.5) is 4.39 Å². The number of carbonyl (C=O) groups excluding carboxylic acids is 1. The van der Waals surface area contributed by atoms with Gasteiger partial charge in [-0.25, -0.2) is 4.39 Å². The summed E-state index contributed by atoms with van der Waals surface area (Å²) in [5.41, 5.74) is 0.335. The molecule has 0 spiro atoms. The van der Waals surface area contributed by atoms with Crippen molar-refractivity contribution in [3.05, 3.63) is 58.9 Å². The van der Waals surface area contributed by atoms with Crippen molar-refractivity contribution in [2.75, 3.05) is 13.7 Å². The van der Waals surface area contributed by atoms with Crippen LogP contribution in [0.5, 0.6) is 11.5 Å². The molecule has 1 fully saturated rings. The van der Waals surface area contributed by atoms with Crippen LogP contribution >= 0.6 is 11.6 Å². The molecule has 2 aromatic rings. The fourth-order valence-electron chi connectivity index (χ4n) is 2.62. The summed E-state index contributed by atoms with van der Waals surface area (Å²) < 4.78 is 24.8. The average molecular weight is 364 g/mol. The third kappa shape index (κ3) is 4.23. The van der Waals surface area contributed by atoms with Gasteiger partial charge in [0.2, 0.25) is 0 Å². The Labute approximate surface area is 151 Å². The van der Waals surface area contributed by atoms with Crippen molar-refractivity contribution >= 4 is 17.5 Å². The quantitative estimate of drug-likeness (QED) is 0.744. The van der Waals surface area contributed by atoms with E-state index < -0.39 is 5.82 Å². The first kappa shape index (κ1) is 17.5. The number of methoxy groups -OCH3 is 1. The van der Waals surface area contributed by atoms with Crippen molar-refractivity contribution in [2.24, 2.45) is 0 Å². The molecule has 0 saturated heterocycles. The van der Waals surface area contributed by atoms with Crippen LogP contribution in [-0.2, 0) is 11.3 Å². The summed E-state index contributed by atoms with van der Waals surface area (Å²) in [6, 6.07) is 11.8. The number of nitrogens with zero attached hydrogens (tertiary/aromatic N) is 1. The molecule has 0 aliphatic heterocycles. The predicted molar refractivity (Wildman–Crippen MR) is 93.5 cm³/mol. The van der Waals surface area contributed by atoms with Crippen molar-refractivity contribution in [3.63, 3.8) is 0 Å². The summed E-state index contributed by atoms with van der Waals surface area (Å²) in [6.07, 6.45) is 1.82. The van der Waals surface area contributed by atoms with Gasteiger partial charge in [0.1, 0.15) is 5.82 Å². The number of amides is 1. The highest BCUT2D eigenvalue weighted by atomic mass is 35.5. The van der Waals surface area contributed by atoms with Crippen molar-refractivity contribution in [1.82, 2.24) is 4.90 Å². The molecule has 1 aliphatic carbocycles. The largest absolute Gasteiger partial charge is 0.493 e. The Morgan fingerprint density at radius 1 is 1.20 bits per heavy atom. The molecule has 0 heterocycles. The molecular weight excluding hydrogens is 345 g/mol. The lowest BCUT2D eigenvalue weighted by Gasteiger charge is -2.23. The SMILES string of the molecule is COc1ccccc1OCC(=O)N(Cc1c(F)cccc1Cl)C1CC1. The number of benzene rings is 2. The van der Waals surface area contributed by atoms with Crippen LogP contribution in [0.3, 0.4) is 0 Å². The highest BCUT2D eigenvalue weighted by Gasteiger charge is 2.33. The lowest BCUT2D eigenvalue weighted by molar-refractivity contribution is -0.134. The van der Waals surface area contributed by atoms with Gasteiger partial charge < -0.3 is 14.4 Å². The van der Waals surface area contributed by atoms with Crippen LogP contribution in [0, 0.1) is 5.82 Å². The van der Waals surface area contributed by atoms with E-state index in [0.717, 1.165) is 12.8 Å². The van der Waals surface area contributed by atoms with Gasteiger partial charge in [-0.15, -0.1) is 0 Å². The van der Waals surface area contributed by atoms with E-state index in [9.17, 15) is 9.18 Å². The Bertz CT molecular complexity index is 744. The van der Waals surface area contributed by atoms with E-state index in [0.29, 0.717) is 22.1 Å². The van der Waals surface area contributed by atoms with Gasteiger partial charge in [-0.05, 0) is 37.1 Å². The highest BCUT2D eigenvalue weighted by Crippen LogP contribution is 2.31. The van der Waals surface area contributed by atoms with E-state index in [1.807, 2.05) is 6.07 Å². The lowest BCUT2D eigenvalue weighted by Crippen LogP contribution is -2.36. The number of hydrogen-bond acceptors (Lipinski definition) is 3. The molecule has 1 aliphatic rings. The molecule has 3 rings (SSSR count). The summed E-state index contributed by atoms with van der Waals surface area (Å²) in [4.78, 5) is 14.3. The summed E-state index contributed by atoms with van der Waals surface area (Å²) in [7, 11) is 1.54. The average Bonchev–Trinajstić information content (AvgIpc) is 3.44. The monoisotopic (exact) mass is 363 g/mol. The molecule has 6 heteroatoms. The van der Waals surface area contributed by atoms with Crippen LogP contribution in [-0.4, -0.2) is 30.6 Å². The maximum Gasteiger partial charge on any atom is 0.261 e. The van der Waals surface area contributed by atoms with E-state index in [-0.39, 0.29) is 25.1 Å². The van der Waals surface area contributed by atoms with Gasteiger partial charge in [0.25, 0.3) is 5.91 Å². The van der Waals surface area contributed by atoms with Crippen molar-refractivity contribution in [2.45, 2.75) is 25.4 Å². The topological polar surface area (TPSA) is 38.8 Å². The normalized spacial score (nSPS) is 13.4. The number of rotatable bonds is 7. The zero-order chi connectivity index (χ0) is 17.8. The summed E-state index contributed by atoms with van der Waals surface area (Å²) in [5, 5.41) is 0.323. The van der Waals surface area contributed by atoms with E-state index in [4.69, 9.17) is 21.1 Å². The Balaban J connectivity index is 1.70. The smallest absolute Gasteiger partial charge is 0.261 e. The maximum absolute atomic E-state index is 14.0. The Hall–Kier alpha value is -2.27. The summed E-state index contributed by atoms with van der Waals surface area (Å²) >= 11 is 6.09. The zero-order valence-corrected chi connectivity index (χ0v) is 14.6. The van der Waals surface area contributed by atoms with E-state index in [1.54, 1.807) is 42.3 Å². The van der Waals surface area contributed by atoms with Gasteiger partial charge >= 0.3 is 0 Å². The Kier molecular flexibility index (Phi) is 5.43. The summed E-state index contributed by atoms with van der Waals surface area (Å²) in [5.74, 6) is 0.452. The van der Waals surface area contributed by atoms with E-state index in [2.05, 4.69) is 0 Å². The molecule has 1 saturated carbocycles. The molecule has 1 amide bonds.